The molecule has 0 aromatic heterocycles. The van der Waals surface area contributed by atoms with E-state index < -0.39 is 0 Å². The summed E-state index contributed by atoms with van der Waals surface area (Å²) in [5, 5.41) is 0. The molecule has 12 heavy (non-hydrogen) atoms. The van der Waals surface area contributed by atoms with Crippen molar-refractivity contribution in [1.82, 2.24) is 0 Å². The van der Waals surface area contributed by atoms with Gasteiger partial charge in [-0.15, -0.1) is 0 Å². The molecular weight excluding hydrogens is 146 g/mol. The third-order valence-corrected chi connectivity index (χ3v) is 2.75. The number of nitrogens with two attached hydrogens (primary N) is 1. The van der Waals surface area contributed by atoms with E-state index in [9.17, 15) is 0 Å². The lowest BCUT2D eigenvalue weighted by molar-refractivity contribution is 0.243. The Morgan fingerprint density at radius 2 is 1.92 bits per heavy atom. The minimum Gasteiger partial charge on any atom is -0.330 e. The van der Waals surface area contributed by atoms with E-state index >= 15 is 0 Å². The molecular formula is C11H23N. The summed E-state index contributed by atoms with van der Waals surface area (Å²) in [5.74, 6) is 0.672. The average molecular weight is 169 g/mol. The van der Waals surface area contributed by atoms with Crippen LogP contribution in [-0.4, -0.2) is 6.54 Å². The fraction of sp³-hybridized carbons (Fsp3) is 0.818. The molecule has 72 valence electrons. The van der Waals surface area contributed by atoms with Crippen molar-refractivity contribution in [3.63, 3.8) is 0 Å². The van der Waals surface area contributed by atoms with E-state index in [1.54, 1.807) is 0 Å². The highest BCUT2D eigenvalue weighted by Gasteiger charge is 2.22. The maximum absolute atomic E-state index is 5.69. The van der Waals surface area contributed by atoms with E-state index in [-0.39, 0.29) is 5.41 Å². The van der Waals surface area contributed by atoms with E-state index in [4.69, 9.17) is 5.73 Å². The van der Waals surface area contributed by atoms with Crippen LogP contribution in [0.1, 0.15) is 40.5 Å². The molecule has 0 saturated carbocycles. The zero-order valence-electron chi connectivity index (χ0n) is 8.93. The summed E-state index contributed by atoms with van der Waals surface area (Å²) in [4.78, 5) is 0. The van der Waals surface area contributed by atoms with Crippen LogP contribution in [0.15, 0.2) is 12.2 Å². The average Bonchev–Trinajstić information content (AvgIpc) is 2.05. The molecule has 0 aliphatic carbocycles. The first kappa shape index (κ1) is 11.7. The van der Waals surface area contributed by atoms with E-state index in [0.717, 1.165) is 19.4 Å². The zero-order chi connectivity index (χ0) is 9.61. The second kappa shape index (κ2) is 5.36. The lowest BCUT2D eigenvalue weighted by Gasteiger charge is -2.29. The first-order chi connectivity index (χ1) is 5.54. The van der Waals surface area contributed by atoms with Gasteiger partial charge < -0.3 is 5.73 Å². The predicted octanol–water partition coefficient (Wildman–Crippen LogP) is 2.96. The lowest BCUT2D eigenvalue weighted by Crippen LogP contribution is -2.30. The van der Waals surface area contributed by atoms with Gasteiger partial charge in [0.15, 0.2) is 0 Å². The largest absolute Gasteiger partial charge is 0.330 e. The number of rotatable bonds is 5. The third-order valence-electron chi connectivity index (χ3n) is 2.75. The van der Waals surface area contributed by atoms with Crippen molar-refractivity contribution in [2.24, 2.45) is 17.1 Å². The first-order valence-corrected chi connectivity index (χ1v) is 4.89. The van der Waals surface area contributed by atoms with E-state index in [1.165, 1.54) is 0 Å². The van der Waals surface area contributed by atoms with Gasteiger partial charge in [0.1, 0.15) is 0 Å². The van der Waals surface area contributed by atoms with Crippen molar-refractivity contribution in [2.45, 2.75) is 40.5 Å². The monoisotopic (exact) mass is 169 g/mol. The van der Waals surface area contributed by atoms with Gasteiger partial charge in [0.2, 0.25) is 0 Å². The fourth-order valence-electron chi connectivity index (χ4n) is 0.987. The van der Waals surface area contributed by atoms with Crippen molar-refractivity contribution < 1.29 is 0 Å². The molecule has 0 aliphatic rings. The van der Waals surface area contributed by atoms with Crippen molar-refractivity contribution in [1.29, 1.82) is 0 Å². The smallest absolute Gasteiger partial charge is 0.00232 e. The Morgan fingerprint density at radius 1 is 1.33 bits per heavy atom. The van der Waals surface area contributed by atoms with Crippen LogP contribution in [0.25, 0.3) is 0 Å². The van der Waals surface area contributed by atoms with Gasteiger partial charge in [0.05, 0.1) is 0 Å². The Kier molecular flexibility index (Phi) is 5.23. The van der Waals surface area contributed by atoms with Gasteiger partial charge in [0.25, 0.3) is 0 Å². The molecule has 0 bridgehead atoms. The molecule has 0 amide bonds. The lowest BCUT2D eigenvalue weighted by atomic mass is 9.78. The summed E-state index contributed by atoms with van der Waals surface area (Å²) in [6.07, 6.45) is 6.78. The fourth-order valence-corrected chi connectivity index (χ4v) is 0.987. The van der Waals surface area contributed by atoms with Crippen LogP contribution in [0, 0.1) is 11.3 Å². The van der Waals surface area contributed by atoms with Gasteiger partial charge in [0, 0.05) is 0 Å². The van der Waals surface area contributed by atoms with Crippen molar-refractivity contribution >= 4 is 0 Å². The van der Waals surface area contributed by atoms with Crippen molar-refractivity contribution in [3.05, 3.63) is 12.2 Å². The standard InChI is InChI=1S/C11H23N/c1-5-6-7-8-10(2)11(3,4)9-12/h6-7,10H,5,8-9,12H2,1-4H3/b7-6+. The minimum absolute atomic E-state index is 0.276. The summed E-state index contributed by atoms with van der Waals surface area (Å²) < 4.78 is 0. The maximum atomic E-state index is 5.69. The highest BCUT2D eigenvalue weighted by molar-refractivity contribution is 4.86. The first-order valence-electron chi connectivity index (χ1n) is 4.89. The van der Waals surface area contributed by atoms with Crippen LogP contribution in [0.2, 0.25) is 0 Å². The summed E-state index contributed by atoms with van der Waals surface area (Å²) in [6, 6.07) is 0. The molecule has 0 aromatic rings. The van der Waals surface area contributed by atoms with Crippen LogP contribution in [0.4, 0.5) is 0 Å². The molecule has 1 unspecified atom stereocenters. The van der Waals surface area contributed by atoms with E-state index in [1.807, 2.05) is 0 Å². The molecule has 1 nitrogen and oxygen atoms in total. The maximum Gasteiger partial charge on any atom is -0.00232 e. The van der Waals surface area contributed by atoms with Gasteiger partial charge in [-0.05, 0) is 30.7 Å². The molecule has 0 saturated heterocycles. The Balaban J connectivity index is 3.86. The second-order valence-corrected chi connectivity index (χ2v) is 4.21. The zero-order valence-corrected chi connectivity index (χ0v) is 8.93. The van der Waals surface area contributed by atoms with E-state index in [0.29, 0.717) is 5.92 Å². The highest BCUT2D eigenvalue weighted by Crippen LogP contribution is 2.27. The molecule has 1 heteroatoms. The van der Waals surface area contributed by atoms with Crippen LogP contribution in [-0.2, 0) is 0 Å². The molecule has 0 radical (unpaired) electrons. The Morgan fingerprint density at radius 3 is 2.33 bits per heavy atom. The van der Waals surface area contributed by atoms with Gasteiger partial charge in [-0.25, -0.2) is 0 Å². The quantitative estimate of drug-likeness (QED) is 0.629. The molecule has 0 heterocycles. The number of hydrogen-bond acceptors (Lipinski definition) is 1. The second-order valence-electron chi connectivity index (χ2n) is 4.21. The molecule has 1 atom stereocenters. The topological polar surface area (TPSA) is 26.0 Å². The third kappa shape index (κ3) is 3.91. The molecule has 0 rings (SSSR count). The van der Waals surface area contributed by atoms with Gasteiger partial charge in [-0.3, -0.25) is 0 Å². The van der Waals surface area contributed by atoms with Crippen LogP contribution < -0.4 is 5.73 Å². The Labute approximate surface area is 77.0 Å². The molecule has 0 fully saturated rings. The normalized spacial score (nSPS) is 15.4. The van der Waals surface area contributed by atoms with Crippen LogP contribution in [0.3, 0.4) is 0 Å². The predicted molar refractivity (Wildman–Crippen MR) is 56.0 cm³/mol. The molecule has 0 aromatic carbocycles. The van der Waals surface area contributed by atoms with Gasteiger partial charge >= 0.3 is 0 Å². The molecule has 0 aliphatic heterocycles. The Bertz CT molecular complexity index is 136. The summed E-state index contributed by atoms with van der Waals surface area (Å²) in [5.41, 5.74) is 5.96. The Hall–Kier alpha value is -0.300. The molecule has 0 spiro atoms. The van der Waals surface area contributed by atoms with Crippen LogP contribution >= 0.6 is 0 Å². The van der Waals surface area contributed by atoms with Crippen molar-refractivity contribution in [2.75, 3.05) is 6.54 Å². The van der Waals surface area contributed by atoms with Crippen molar-refractivity contribution in [3.8, 4) is 0 Å². The highest BCUT2D eigenvalue weighted by atomic mass is 14.6. The van der Waals surface area contributed by atoms with Gasteiger partial charge in [-0.1, -0.05) is 39.8 Å². The SMILES string of the molecule is CC/C=C/CC(C)C(C)(C)CN. The number of hydrogen-bond donors (Lipinski definition) is 1. The molecule has 2 N–H and O–H groups in total. The van der Waals surface area contributed by atoms with E-state index in [2.05, 4.69) is 39.8 Å². The summed E-state index contributed by atoms with van der Waals surface area (Å²) in [6.45, 7) is 9.67. The number of allylic oxidation sites excluding steroid dienone is 2. The summed E-state index contributed by atoms with van der Waals surface area (Å²) in [7, 11) is 0. The van der Waals surface area contributed by atoms with Crippen LogP contribution in [0.5, 0.6) is 0 Å². The summed E-state index contributed by atoms with van der Waals surface area (Å²) >= 11 is 0. The van der Waals surface area contributed by atoms with Gasteiger partial charge in [-0.2, -0.15) is 0 Å². The minimum atomic E-state index is 0.276.